The Hall–Kier alpha value is -3.15. The summed E-state index contributed by atoms with van der Waals surface area (Å²) in [5.74, 6) is 0. The van der Waals surface area contributed by atoms with E-state index in [-0.39, 0.29) is 12.1 Å². The highest BCUT2D eigenvalue weighted by Crippen LogP contribution is 2.45. The summed E-state index contributed by atoms with van der Waals surface area (Å²) in [6, 6.07) is 22.5. The molecule has 0 bridgehead atoms. The number of aryl methyl sites for hydroxylation is 1. The van der Waals surface area contributed by atoms with Gasteiger partial charge in [-0.3, -0.25) is 4.98 Å². The van der Waals surface area contributed by atoms with E-state index in [1.54, 1.807) is 0 Å². The number of pyridine rings is 1. The summed E-state index contributed by atoms with van der Waals surface area (Å²) < 4.78 is 2.29. The maximum atomic E-state index is 6.35. The van der Waals surface area contributed by atoms with Crippen molar-refractivity contribution in [2.24, 2.45) is 0 Å². The van der Waals surface area contributed by atoms with E-state index < -0.39 is 0 Å². The second-order valence-corrected chi connectivity index (χ2v) is 9.68. The van der Waals surface area contributed by atoms with Crippen molar-refractivity contribution >= 4 is 34.6 Å². The fraction of sp³-hybridized carbons (Fsp3) is 0.214. The minimum Gasteiger partial charge on any atom is -0.351 e. The van der Waals surface area contributed by atoms with Crippen molar-refractivity contribution in [1.82, 2.24) is 14.9 Å². The predicted octanol–water partition coefficient (Wildman–Crippen LogP) is 6.94. The average molecular weight is 487 g/mol. The van der Waals surface area contributed by atoms with Gasteiger partial charge in [-0.1, -0.05) is 41.4 Å². The minimum atomic E-state index is -0.0815. The van der Waals surface area contributed by atoms with Crippen LogP contribution in [0.3, 0.4) is 0 Å². The number of thiocarbonyl (C=S) groups is 1. The molecule has 0 amide bonds. The molecule has 0 spiro atoms. The molecule has 1 saturated heterocycles. The van der Waals surface area contributed by atoms with E-state index in [9.17, 15) is 0 Å². The molecule has 2 atom stereocenters. The highest BCUT2D eigenvalue weighted by Gasteiger charge is 2.43. The molecule has 2 aromatic heterocycles. The van der Waals surface area contributed by atoms with Gasteiger partial charge >= 0.3 is 0 Å². The first-order valence-electron chi connectivity index (χ1n) is 11.4. The standard InChI is InChI=1S/C28H27ClN4S/c1-17-11-13-22(14-12-17)33-27(26(31-28(33)34)24-10-5-6-15-30-24)25-18(2)19(3)32(20(25)4)23-9-7-8-21(29)16-23/h5-16,26-27H,1-4H3,(H,31,34)/t26-,27+/m1/s1. The number of anilines is 1. The Morgan fingerprint density at radius 3 is 2.32 bits per heavy atom. The number of rotatable bonds is 4. The van der Waals surface area contributed by atoms with Gasteiger partial charge in [0.25, 0.3) is 0 Å². The van der Waals surface area contributed by atoms with Crippen LogP contribution in [0.5, 0.6) is 0 Å². The first kappa shape index (κ1) is 22.6. The van der Waals surface area contributed by atoms with Gasteiger partial charge in [0.05, 0.1) is 17.8 Å². The van der Waals surface area contributed by atoms with Crippen LogP contribution in [0.15, 0.2) is 72.9 Å². The largest absolute Gasteiger partial charge is 0.351 e. The average Bonchev–Trinajstić information content (AvgIpc) is 3.27. The molecule has 5 rings (SSSR count). The lowest BCUT2D eigenvalue weighted by atomic mass is 9.93. The predicted molar refractivity (Wildman–Crippen MR) is 144 cm³/mol. The van der Waals surface area contributed by atoms with Gasteiger partial charge in [-0.15, -0.1) is 0 Å². The minimum absolute atomic E-state index is 0.0516. The molecule has 2 aromatic carbocycles. The summed E-state index contributed by atoms with van der Waals surface area (Å²) in [5.41, 5.74) is 9.17. The zero-order chi connectivity index (χ0) is 24.0. The van der Waals surface area contributed by atoms with Crippen molar-refractivity contribution in [3.05, 3.63) is 112 Å². The molecule has 1 fully saturated rings. The first-order valence-corrected chi connectivity index (χ1v) is 12.2. The Morgan fingerprint density at radius 1 is 0.882 bits per heavy atom. The Bertz CT molecular complexity index is 1360. The van der Waals surface area contributed by atoms with Crippen LogP contribution in [0.25, 0.3) is 5.69 Å². The Morgan fingerprint density at radius 2 is 1.65 bits per heavy atom. The summed E-state index contributed by atoms with van der Waals surface area (Å²) in [6.45, 7) is 8.64. The van der Waals surface area contributed by atoms with Crippen LogP contribution in [-0.4, -0.2) is 14.7 Å². The second kappa shape index (κ2) is 8.90. The van der Waals surface area contributed by atoms with Gasteiger partial charge in [-0.2, -0.15) is 0 Å². The molecule has 0 aliphatic carbocycles. The van der Waals surface area contributed by atoms with Crippen molar-refractivity contribution in [3.63, 3.8) is 0 Å². The van der Waals surface area contributed by atoms with E-state index in [1.165, 1.54) is 28.1 Å². The molecular weight excluding hydrogens is 460 g/mol. The maximum absolute atomic E-state index is 6.35. The molecule has 34 heavy (non-hydrogen) atoms. The summed E-state index contributed by atoms with van der Waals surface area (Å²) in [5, 5.41) is 5.01. The van der Waals surface area contributed by atoms with E-state index in [0.717, 1.165) is 22.1 Å². The van der Waals surface area contributed by atoms with Crippen molar-refractivity contribution in [2.45, 2.75) is 39.8 Å². The lowest BCUT2D eigenvalue weighted by Crippen LogP contribution is -2.29. The Balaban J connectivity index is 1.73. The number of aromatic nitrogens is 2. The van der Waals surface area contributed by atoms with Crippen molar-refractivity contribution in [3.8, 4) is 5.69 Å². The van der Waals surface area contributed by atoms with E-state index in [1.807, 2.05) is 36.5 Å². The normalized spacial score (nSPS) is 17.8. The quantitative estimate of drug-likeness (QED) is 0.317. The summed E-state index contributed by atoms with van der Waals surface area (Å²) in [7, 11) is 0. The van der Waals surface area contributed by atoms with Gasteiger partial charge in [-0.05, 0) is 87.9 Å². The second-order valence-electron chi connectivity index (χ2n) is 8.86. The van der Waals surface area contributed by atoms with Crippen LogP contribution >= 0.6 is 23.8 Å². The smallest absolute Gasteiger partial charge is 0.174 e. The molecule has 1 aliphatic heterocycles. The van der Waals surface area contributed by atoms with Crippen LogP contribution in [0, 0.1) is 27.7 Å². The van der Waals surface area contributed by atoms with E-state index in [4.69, 9.17) is 28.8 Å². The van der Waals surface area contributed by atoms with Gasteiger partial charge in [0.1, 0.15) is 0 Å². The number of nitrogens with one attached hydrogen (secondary N) is 1. The molecule has 1 N–H and O–H groups in total. The third-order valence-electron chi connectivity index (χ3n) is 6.78. The fourth-order valence-electron chi connectivity index (χ4n) is 5.08. The molecule has 172 valence electrons. The third-order valence-corrected chi connectivity index (χ3v) is 7.33. The van der Waals surface area contributed by atoms with Crippen molar-refractivity contribution < 1.29 is 0 Å². The maximum Gasteiger partial charge on any atom is 0.174 e. The fourth-order valence-corrected chi connectivity index (χ4v) is 5.61. The number of benzene rings is 2. The SMILES string of the molecule is Cc1ccc(N2C(=S)N[C@H](c3ccccn3)[C@@H]2c2c(C)c(C)n(-c3cccc(Cl)c3)c2C)cc1. The van der Waals surface area contributed by atoms with Gasteiger partial charge in [-0.25, -0.2) is 0 Å². The lowest BCUT2D eigenvalue weighted by molar-refractivity contribution is 0.563. The summed E-state index contributed by atoms with van der Waals surface area (Å²) in [4.78, 5) is 6.94. The highest BCUT2D eigenvalue weighted by atomic mass is 35.5. The molecule has 4 aromatic rings. The lowest BCUT2D eigenvalue weighted by Gasteiger charge is -2.29. The number of hydrogen-bond donors (Lipinski definition) is 1. The van der Waals surface area contributed by atoms with Crippen LogP contribution in [0.2, 0.25) is 5.02 Å². The van der Waals surface area contributed by atoms with E-state index >= 15 is 0 Å². The molecule has 0 unspecified atom stereocenters. The van der Waals surface area contributed by atoms with Gasteiger partial charge in [0.15, 0.2) is 5.11 Å². The zero-order valence-electron chi connectivity index (χ0n) is 19.7. The van der Waals surface area contributed by atoms with E-state index in [2.05, 4.69) is 78.9 Å². The highest BCUT2D eigenvalue weighted by molar-refractivity contribution is 7.80. The Labute approximate surface area is 211 Å². The molecule has 1 aliphatic rings. The van der Waals surface area contributed by atoms with E-state index in [0.29, 0.717) is 5.11 Å². The van der Waals surface area contributed by atoms with Gasteiger partial charge in [0.2, 0.25) is 0 Å². The monoisotopic (exact) mass is 486 g/mol. The number of nitrogens with zero attached hydrogens (tertiary/aromatic N) is 3. The van der Waals surface area contributed by atoms with Gasteiger partial charge < -0.3 is 14.8 Å². The molecule has 6 heteroatoms. The molecule has 0 radical (unpaired) electrons. The molecular formula is C28H27ClN4S. The third kappa shape index (κ3) is 3.79. The van der Waals surface area contributed by atoms with Crippen molar-refractivity contribution in [2.75, 3.05) is 4.90 Å². The molecule has 3 heterocycles. The van der Waals surface area contributed by atoms with Crippen LogP contribution < -0.4 is 10.2 Å². The Kier molecular flexibility index (Phi) is 5.92. The van der Waals surface area contributed by atoms with Crippen LogP contribution in [0.4, 0.5) is 5.69 Å². The molecule has 0 saturated carbocycles. The topological polar surface area (TPSA) is 33.1 Å². The summed E-state index contributed by atoms with van der Waals surface area (Å²) >= 11 is 12.3. The first-order chi connectivity index (χ1) is 16.4. The zero-order valence-corrected chi connectivity index (χ0v) is 21.3. The summed E-state index contributed by atoms with van der Waals surface area (Å²) in [6.07, 6.45) is 1.84. The van der Waals surface area contributed by atoms with Crippen LogP contribution in [-0.2, 0) is 0 Å². The number of halogens is 1. The van der Waals surface area contributed by atoms with Crippen molar-refractivity contribution in [1.29, 1.82) is 0 Å². The van der Waals surface area contributed by atoms with Crippen LogP contribution in [0.1, 0.15) is 45.9 Å². The molecule has 4 nitrogen and oxygen atoms in total. The van der Waals surface area contributed by atoms with Gasteiger partial charge in [0, 0.05) is 39.5 Å². The number of hydrogen-bond acceptors (Lipinski definition) is 2.